The van der Waals surface area contributed by atoms with E-state index in [0.29, 0.717) is 0 Å². The summed E-state index contributed by atoms with van der Waals surface area (Å²) in [4.78, 5) is 0. The summed E-state index contributed by atoms with van der Waals surface area (Å²) in [6, 6.07) is 12.0. The minimum atomic E-state index is -0.0658. The third kappa shape index (κ3) is 2.27. The molecule has 3 N–H and O–H groups in total. The van der Waals surface area contributed by atoms with Gasteiger partial charge in [0.15, 0.2) is 0 Å². The van der Waals surface area contributed by atoms with Crippen molar-refractivity contribution in [3.8, 4) is 5.69 Å². The molecule has 0 saturated carbocycles. The minimum Gasteiger partial charge on any atom is -0.271 e. The SMILES string of the molecule is Cc1cscc1C(NN)c1ccnn1-c1ccccc1. The third-order valence-electron chi connectivity index (χ3n) is 3.34. The van der Waals surface area contributed by atoms with E-state index in [4.69, 9.17) is 5.84 Å². The molecule has 3 rings (SSSR count). The van der Waals surface area contributed by atoms with Crippen molar-refractivity contribution in [3.05, 3.63) is 70.2 Å². The van der Waals surface area contributed by atoms with Crippen LogP contribution in [0.5, 0.6) is 0 Å². The van der Waals surface area contributed by atoms with Gasteiger partial charge in [-0.2, -0.15) is 16.4 Å². The van der Waals surface area contributed by atoms with E-state index in [1.54, 1.807) is 17.5 Å². The summed E-state index contributed by atoms with van der Waals surface area (Å²) in [7, 11) is 0. The number of thiophene rings is 1. The van der Waals surface area contributed by atoms with Gasteiger partial charge in [0.05, 0.1) is 17.4 Å². The van der Waals surface area contributed by atoms with E-state index >= 15 is 0 Å². The molecule has 1 aromatic carbocycles. The Balaban J connectivity index is 2.07. The lowest BCUT2D eigenvalue weighted by Crippen LogP contribution is -2.30. The van der Waals surface area contributed by atoms with E-state index < -0.39 is 0 Å². The smallest absolute Gasteiger partial charge is 0.0893 e. The van der Waals surface area contributed by atoms with Gasteiger partial charge in [0.1, 0.15) is 0 Å². The Morgan fingerprint density at radius 2 is 2.00 bits per heavy atom. The van der Waals surface area contributed by atoms with Crippen LogP contribution >= 0.6 is 11.3 Å². The van der Waals surface area contributed by atoms with Crippen molar-refractivity contribution in [3.63, 3.8) is 0 Å². The fourth-order valence-corrected chi connectivity index (χ4v) is 3.19. The molecule has 20 heavy (non-hydrogen) atoms. The van der Waals surface area contributed by atoms with Crippen molar-refractivity contribution < 1.29 is 0 Å². The van der Waals surface area contributed by atoms with E-state index in [-0.39, 0.29) is 6.04 Å². The van der Waals surface area contributed by atoms with Gasteiger partial charge in [-0.1, -0.05) is 18.2 Å². The molecule has 5 heteroatoms. The van der Waals surface area contributed by atoms with Gasteiger partial charge in [-0.15, -0.1) is 0 Å². The number of hydrazine groups is 1. The van der Waals surface area contributed by atoms with Gasteiger partial charge in [0, 0.05) is 6.20 Å². The Kier molecular flexibility index (Phi) is 3.64. The zero-order chi connectivity index (χ0) is 13.9. The van der Waals surface area contributed by atoms with Gasteiger partial charge >= 0.3 is 0 Å². The summed E-state index contributed by atoms with van der Waals surface area (Å²) in [5.74, 6) is 5.78. The van der Waals surface area contributed by atoms with Crippen LogP contribution in [0.25, 0.3) is 5.69 Å². The van der Waals surface area contributed by atoms with Crippen LogP contribution in [0, 0.1) is 6.92 Å². The average Bonchev–Trinajstić information content (AvgIpc) is 3.11. The van der Waals surface area contributed by atoms with Gasteiger partial charge in [-0.25, -0.2) is 10.1 Å². The van der Waals surface area contributed by atoms with Crippen molar-refractivity contribution in [1.82, 2.24) is 15.2 Å². The normalized spacial score (nSPS) is 12.5. The van der Waals surface area contributed by atoms with Crippen LogP contribution in [0.3, 0.4) is 0 Å². The van der Waals surface area contributed by atoms with Crippen LogP contribution in [-0.2, 0) is 0 Å². The third-order valence-corrected chi connectivity index (χ3v) is 4.22. The highest BCUT2D eigenvalue weighted by molar-refractivity contribution is 7.08. The lowest BCUT2D eigenvalue weighted by molar-refractivity contribution is 0.596. The lowest BCUT2D eigenvalue weighted by Gasteiger charge is -2.18. The van der Waals surface area contributed by atoms with Crippen LogP contribution in [-0.4, -0.2) is 9.78 Å². The Morgan fingerprint density at radius 1 is 1.20 bits per heavy atom. The number of aryl methyl sites for hydroxylation is 1. The largest absolute Gasteiger partial charge is 0.271 e. The standard InChI is InChI=1S/C15H16N4S/c1-11-9-20-10-13(11)15(18-16)14-7-8-17-19(14)12-5-3-2-4-6-12/h2-10,15,18H,16H2,1H3. The van der Waals surface area contributed by atoms with Crippen LogP contribution in [0.15, 0.2) is 53.4 Å². The van der Waals surface area contributed by atoms with Crippen LogP contribution in [0.1, 0.15) is 22.9 Å². The number of nitrogens with two attached hydrogens (primary N) is 1. The molecule has 3 aromatic rings. The Morgan fingerprint density at radius 3 is 2.65 bits per heavy atom. The number of hydrogen-bond donors (Lipinski definition) is 2. The zero-order valence-electron chi connectivity index (χ0n) is 11.2. The van der Waals surface area contributed by atoms with Gasteiger partial charge in [-0.05, 0) is 47.0 Å². The van der Waals surface area contributed by atoms with Crippen molar-refractivity contribution in [2.75, 3.05) is 0 Å². The van der Waals surface area contributed by atoms with Crippen molar-refractivity contribution in [2.24, 2.45) is 5.84 Å². The van der Waals surface area contributed by atoms with Gasteiger partial charge in [0.25, 0.3) is 0 Å². The number of hydrogen-bond acceptors (Lipinski definition) is 4. The first-order valence-electron chi connectivity index (χ1n) is 6.39. The van der Waals surface area contributed by atoms with Crippen LogP contribution < -0.4 is 11.3 Å². The second kappa shape index (κ2) is 5.58. The highest BCUT2D eigenvalue weighted by atomic mass is 32.1. The van der Waals surface area contributed by atoms with Crippen LogP contribution in [0.2, 0.25) is 0 Å². The molecular weight excluding hydrogens is 268 g/mol. The molecule has 4 nitrogen and oxygen atoms in total. The van der Waals surface area contributed by atoms with Gasteiger partial charge in [0.2, 0.25) is 0 Å². The fraction of sp³-hybridized carbons (Fsp3) is 0.133. The quantitative estimate of drug-likeness (QED) is 0.572. The van der Waals surface area contributed by atoms with E-state index in [1.165, 1.54) is 11.1 Å². The molecule has 0 aliphatic carbocycles. The van der Waals surface area contributed by atoms with Crippen molar-refractivity contribution in [1.29, 1.82) is 0 Å². The summed E-state index contributed by atoms with van der Waals surface area (Å²) in [5, 5.41) is 8.67. The summed E-state index contributed by atoms with van der Waals surface area (Å²) >= 11 is 1.68. The molecule has 0 saturated heterocycles. The fourth-order valence-electron chi connectivity index (χ4n) is 2.32. The molecule has 1 atom stereocenters. The number of rotatable bonds is 4. The number of aromatic nitrogens is 2. The summed E-state index contributed by atoms with van der Waals surface area (Å²) in [6.45, 7) is 2.10. The molecule has 0 spiro atoms. The molecule has 0 amide bonds. The predicted molar refractivity (Wildman–Crippen MR) is 81.8 cm³/mol. The highest BCUT2D eigenvalue weighted by Crippen LogP contribution is 2.28. The zero-order valence-corrected chi connectivity index (χ0v) is 12.0. The predicted octanol–water partition coefficient (Wildman–Crippen LogP) is 2.79. The van der Waals surface area contributed by atoms with Gasteiger partial charge < -0.3 is 0 Å². The van der Waals surface area contributed by atoms with Crippen LogP contribution in [0.4, 0.5) is 0 Å². The summed E-state index contributed by atoms with van der Waals surface area (Å²) < 4.78 is 1.92. The second-order valence-corrected chi connectivity index (χ2v) is 5.36. The molecule has 0 fully saturated rings. The molecule has 2 heterocycles. The lowest BCUT2D eigenvalue weighted by atomic mass is 10.0. The molecular formula is C15H16N4S. The first-order valence-corrected chi connectivity index (χ1v) is 7.33. The molecule has 102 valence electrons. The molecule has 0 radical (unpaired) electrons. The molecule has 0 aliphatic rings. The first kappa shape index (κ1) is 13.1. The maximum atomic E-state index is 5.78. The molecule has 2 aromatic heterocycles. The first-order chi connectivity index (χ1) is 9.81. The topological polar surface area (TPSA) is 55.9 Å². The van der Waals surface area contributed by atoms with E-state index in [1.807, 2.05) is 41.1 Å². The minimum absolute atomic E-state index is 0.0658. The summed E-state index contributed by atoms with van der Waals surface area (Å²) in [5.41, 5.74) is 7.38. The number of nitrogens with one attached hydrogen (secondary N) is 1. The van der Waals surface area contributed by atoms with Crippen molar-refractivity contribution in [2.45, 2.75) is 13.0 Å². The Bertz CT molecular complexity index is 687. The molecule has 1 unspecified atom stereocenters. The number of nitrogens with zero attached hydrogens (tertiary/aromatic N) is 2. The monoisotopic (exact) mass is 284 g/mol. The maximum Gasteiger partial charge on any atom is 0.0893 e. The average molecular weight is 284 g/mol. The van der Waals surface area contributed by atoms with Crippen molar-refractivity contribution >= 4 is 11.3 Å². The Labute approximate surface area is 121 Å². The molecule has 0 bridgehead atoms. The number of benzene rings is 1. The maximum absolute atomic E-state index is 5.78. The highest BCUT2D eigenvalue weighted by Gasteiger charge is 2.20. The van der Waals surface area contributed by atoms with E-state index in [9.17, 15) is 0 Å². The summed E-state index contributed by atoms with van der Waals surface area (Å²) in [6.07, 6.45) is 1.80. The molecule has 0 aliphatic heterocycles. The second-order valence-electron chi connectivity index (χ2n) is 4.61. The van der Waals surface area contributed by atoms with E-state index in [0.717, 1.165) is 11.4 Å². The van der Waals surface area contributed by atoms with E-state index in [2.05, 4.69) is 28.2 Å². The Hall–Kier alpha value is -1.95. The van der Waals surface area contributed by atoms with Gasteiger partial charge in [-0.3, -0.25) is 5.84 Å². The number of para-hydroxylation sites is 1.